The van der Waals surface area contributed by atoms with Crippen LogP contribution in [0.15, 0.2) is 0 Å². The van der Waals surface area contributed by atoms with Gasteiger partial charge in [-0.05, 0) is 78.2 Å². The van der Waals surface area contributed by atoms with E-state index >= 15 is 0 Å². The van der Waals surface area contributed by atoms with Gasteiger partial charge >= 0.3 is 5.97 Å². The summed E-state index contributed by atoms with van der Waals surface area (Å²) < 4.78 is 5.14. The number of likely N-dealkylation sites (N-methyl/N-ethyl adjacent to an activating group) is 1. The van der Waals surface area contributed by atoms with Gasteiger partial charge in [0.05, 0.1) is 12.2 Å². The van der Waals surface area contributed by atoms with Crippen LogP contribution in [0.1, 0.15) is 163 Å². The molecule has 10 heteroatoms. The summed E-state index contributed by atoms with van der Waals surface area (Å²) in [5, 5.41) is 3.17. The van der Waals surface area contributed by atoms with E-state index in [1.807, 2.05) is 25.2 Å². The topological polar surface area (TPSA) is 122 Å². The zero-order chi connectivity index (χ0) is 37.1. The number of nitrogens with one attached hydrogen (secondary N) is 1. The number of aldehydes is 1. The van der Waals surface area contributed by atoms with Gasteiger partial charge < -0.3 is 30.4 Å². The van der Waals surface area contributed by atoms with Crippen molar-refractivity contribution < 1.29 is 23.9 Å². The number of carbonyl (C=O) groups excluding carboxylic acids is 4. The number of ether oxygens (including phenoxy) is 1. The average molecular weight is 711 g/mol. The van der Waals surface area contributed by atoms with Gasteiger partial charge in [-0.3, -0.25) is 14.4 Å². The molecule has 0 atom stereocenters. The van der Waals surface area contributed by atoms with Crippen LogP contribution in [0.25, 0.3) is 0 Å². The highest BCUT2D eigenvalue weighted by atomic mass is 32.1. The minimum atomic E-state index is -0.117. The molecule has 1 aliphatic rings. The van der Waals surface area contributed by atoms with Crippen LogP contribution in [0, 0.1) is 0 Å². The summed E-state index contributed by atoms with van der Waals surface area (Å²) in [7, 11) is 6.31. The Balaban J connectivity index is 0. The lowest BCUT2D eigenvalue weighted by molar-refractivity contribution is -0.144. The van der Waals surface area contributed by atoms with Crippen LogP contribution in [-0.2, 0) is 38.5 Å². The first kappa shape index (κ1) is 48.8. The molecule has 49 heavy (non-hydrogen) atoms. The van der Waals surface area contributed by atoms with Crippen molar-refractivity contribution in [1.82, 2.24) is 15.1 Å². The molecular weight excluding hydrogens is 637 g/mol. The molecule has 0 spiro atoms. The van der Waals surface area contributed by atoms with Gasteiger partial charge in [-0.1, -0.05) is 91.9 Å². The molecule has 286 valence electrons. The number of nitrogens with two attached hydrogens (primary N) is 1. The molecule has 0 aromatic carbocycles. The zero-order valence-electron chi connectivity index (χ0n) is 32.5. The molecule has 1 aromatic rings. The fourth-order valence-electron chi connectivity index (χ4n) is 5.42. The van der Waals surface area contributed by atoms with Gasteiger partial charge in [-0.2, -0.15) is 0 Å². The van der Waals surface area contributed by atoms with Crippen molar-refractivity contribution in [2.75, 3.05) is 47.4 Å². The van der Waals surface area contributed by atoms with Crippen LogP contribution in [0.2, 0.25) is 0 Å². The second-order valence-corrected chi connectivity index (χ2v) is 13.9. The Kier molecular flexibility index (Phi) is 35.4. The van der Waals surface area contributed by atoms with E-state index in [2.05, 4.69) is 55.8 Å². The van der Waals surface area contributed by atoms with Crippen molar-refractivity contribution in [3.05, 3.63) is 20.9 Å². The molecule has 1 aliphatic heterocycles. The first-order valence-electron chi connectivity index (χ1n) is 19.2. The fraction of sp³-hybridized carbons (Fsp3) is 0.795. The van der Waals surface area contributed by atoms with Crippen LogP contribution >= 0.6 is 11.3 Å². The minimum absolute atomic E-state index is 0.117. The van der Waals surface area contributed by atoms with Gasteiger partial charge in [0.1, 0.15) is 6.29 Å². The molecule has 1 aromatic heterocycles. The summed E-state index contributed by atoms with van der Waals surface area (Å²) >= 11 is 1.89. The number of hydrogen-bond acceptors (Lipinski definition) is 8. The summed E-state index contributed by atoms with van der Waals surface area (Å²) in [5.41, 5.74) is 6.52. The normalized spacial score (nSPS) is 11.9. The molecule has 0 radical (unpaired) electrons. The van der Waals surface area contributed by atoms with Gasteiger partial charge in [0, 0.05) is 42.2 Å². The lowest BCUT2D eigenvalue weighted by atomic mass is 9.99. The molecule has 2 heterocycles. The Morgan fingerprint density at radius 1 is 0.898 bits per heavy atom. The molecule has 2 rings (SSSR count). The van der Waals surface area contributed by atoms with E-state index in [-0.39, 0.29) is 18.3 Å². The van der Waals surface area contributed by atoms with E-state index in [0.29, 0.717) is 19.4 Å². The molecule has 0 fully saturated rings. The van der Waals surface area contributed by atoms with E-state index in [4.69, 9.17) is 9.53 Å². The van der Waals surface area contributed by atoms with Crippen LogP contribution in [-0.4, -0.2) is 81.8 Å². The molecule has 0 saturated heterocycles. The number of unbranched alkanes of at least 4 members (excludes halogenated alkanes) is 12. The maximum absolute atomic E-state index is 12.9. The smallest absolute Gasteiger partial charge is 0.305 e. The maximum atomic E-state index is 12.9. The number of thiophene rings is 1. The summed E-state index contributed by atoms with van der Waals surface area (Å²) in [5.74, 6) is 0.0418. The Bertz CT molecular complexity index is 954. The van der Waals surface area contributed by atoms with E-state index < -0.39 is 0 Å². The monoisotopic (exact) mass is 711 g/mol. The van der Waals surface area contributed by atoms with Crippen LogP contribution in [0.4, 0.5) is 0 Å². The Morgan fingerprint density at radius 2 is 1.49 bits per heavy atom. The van der Waals surface area contributed by atoms with E-state index in [9.17, 15) is 14.4 Å². The Labute approximate surface area is 304 Å². The number of esters is 1. The van der Waals surface area contributed by atoms with Gasteiger partial charge in [0.2, 0.25) is 6.41 Å². The quantitative estimate of drug-likeness (QED) is 0.0632. The van der Waals surface area contributed by atoms with E-state index in [1.54, 1.807) is 0 Å². The predicted molar refractivity (Wildman–Crippen MR) is 207 cm³/mol. The predicted octanol–water partition coefficient (Wildman–Crippen LogP) is 8.10. The highest BCUT2D eigenvalue weighted by Crippen LogP contribution is 2.34. The van der Waals surface area contributed by atoms with Gasteiger partial charge in [0.25, 0.3) is 5.91 Å². The number of aryl methyl sites for hydroxylation is 1. The second-order valence-electron chi connectivity index (χ2n) is 12.8. The second kappa shape index (κ2) is 35.5. The number of rotatable bonds is 24. The number of primary amides is 1. The standard InChI is InChI=1S/C20H35N3OS.C16H30O3.C2H6.CH3NO/c1-5-6-7-8-10-17-19(20(24)21-12-9-13-22(2)3)16-11-14-23(4)15-18(16)25-17;1-2-3-4-5-6-7-8-12-15-19-16(18)13-10-9-11-14-17;1-2;2-1-3/h5-15H2,1-4H3,(H,21,24);14H,2-13,15H2,1H3;1-2H3;1H,(H2,2,3). The number of amides is 2. The molecule has 0 aliphatic carbocycles. The van der Waals surface area contributed by atoms with E-state index in [1.165, 1.54) is 79.5 Å². The third kappa shape index (κ3) is 27.1. The summed E-state index contributed by atoms with van der Waals surface area (Å²) in [6.07, 6.45) is 21.8. The van der Waals surface area contributed by atoms with Crippen molar-refractivity contribution >= 4 is 35.9 Å². The molecular formula is C39H74N4O5S. The fourth-order valence-corrected chi connectivity index (χ4v) is 6.89. The van der Waals surface area contributed by atoms with Gasteiger partial charge in [0.15, 0.2) is 0 Å². The van der Waals surface area contributed by atoms with Crippen molar-refractivity contribution in [2.45, 2.75) is 156 Å². The Morgan fingerprint density at radius 3 is 2.08 bits per heavy atom. The SMILES string of the molecule is CC.CCCCCCCCCCOC(=O)CCCCC=O.CCCCCCc1sc2c(c1C(=O)NCCCN(C)C)CCN(C)C2.NC=O. The number of nitrogens with zero attached hydrogens (tertiary/aromatic N) is 2. The highest BCUT2D eigenvalue weighted by molar-refractivity contribution is 7.12. The lowest BCUT2D eigenvalue weighted by Crippen LogP contribution is -2.30. The highest BCUT2D eigenvalue weighted by Gasteiger charge is 2.26. The van der Waals surface area contributed by atoms with E-state index in [0.717, 1.165) is 83.0 Å². The molecule has 3 N–H and O–H groups in total. The third-order valence-electron chi connectivity index (χ3n) is 8.09. The summed E-state index contributed by atoms with van der Waals surface area (Å²) in [6.45, 7) is 12.9. The van der Waals surface area contributed by atoms with Gasteiger partial charge in [-0.15, -0.1) is 11.3 Å². The molecule has 9 nitrogen and oxygen atoms in total. The van der Waals surface area contributed by atoms with Crippen molar-refractivity contribution in [1.29, 1.82) is 0 Å². The number of carbonyl (C=O) groups is 4. The van der Waals surface area contributed by atoms with Crippen molar-refractivity contribution in [2.24, 2.45) is 5.73 Å². The third-order valence-corrected chi connectivity index (χ3v) is 9.36. The molecule has 2 amide bonds. The molecule has 0 unspecified atom stereocenters. The number of fused-ring (bicyclic) bond motifs is 1. The first-order valence-corrected chi connectivity index (χ1v) is 20.1. The Hall–Kier alpha value is -2.30. The lowest BCUT2D eigenvalue weighted by Gasteiger charge is -2.22. The molecule has 0 saturated carbocycles. The summed E-state index contributed by atoms with van der Waals surface area (Å²) in [4.78, 5) is 50.1. The molecule has 0 bridgehead atoms. The van der Waals surface area contributed by atoms with Crippen LogP contribution < -0.4 is 11.1 Å². The maximum Gasteiger partial charge on any atom is 0.305 e. The average Bonchev–Trinajstić information content (AvgIpc) is 3.45. The zero-order valence-corrected chi connectivity index (χ0v) is 33.4. The number of hydrogen-bond donors (Lipinski definition) is 2. The van der Waals surface area contributed by atoms with Crippen molar-refractivity contribution in [3.8, 4) is 0 Å². The summed E-state index contributed by atoms with van der Waals surface area (Å²) in [6, 6.07) is 0. The minimum Gasteiger partial charge on any atom is -0.466 e. The van der Waals surface area contributed by atoms with Crippen LogP contribution in [0.5, 0.6) is 0 Å². The first-order chi connectivity index (χ1) is 23.7. The van der Waals surface area contributed by atoms with Gasteiger partial charge in [-0.25, -0.2) is 0 Å². The van der Waals surface area contributed by atoms with Crippen LogP contribution in [0.3, 0.4) is 0 Å². The van der Waals surface area contributed by atoms with Crippen molar-refractivity contribution in [3.63, 3.8) is 0 Å². The largest absolute Gasteiger partial charge is 0.466 e.